The predicted molar refractivity (Wildman–Crippen MR) is 96.6 cm³/mol. The number of nitrogens with zero attached hydrogens (tertiary/aromatic N) is 4. The third-order valence-electron chi connectivity index (χ3n) is 4.45. The summed E-state index contributed by atoms with van der Waals surface area (Å²) in [6.07, 6.45) is 1.90. The fourth-order valence-corrected chi connectivity index (χ4v) is 3.24. The number of anilines is 3. The first-order chi connectivity index (χ1) is 13.0. The summed E-state index contributed by atoms with van der Waals surface area (Å²) in [6.45, 7) is 4.33. The summed E-state index contributed by atoms with van der Waals surface area (Å²) in [4.78, 5) is 38.9. The Balaban J connectivity index is 0.000000659. The highest BCUT2D eigenvalue weighted by Crippen LogP contribution is 2.39. The van der Waals surface area contributed by atoms with Crippen molar-refractivity contribution < 1.29 is 19.4 Å². The van der Waals surface area contributed by atoms with Gasteiger partial charge in [0.25, 0.3) is 6.47 Å². The van der Waals surface area contributed by atoms with Crippen LogP contribution >= 0.6 is 0 Å². The number of aromatic nitrogens is 4. The Hall–Kier alpha value is -3.21. The number of hydrogen-bond acceptors (Lipinski definition) is 8. The third kappa shape index (κ3) is 3.82. The number of nitrogen functional groups attached to an aromatic ring is 1. The molecule has 0 saturated carbocycles. The van der Waals surface area contributed by atoms with E-state index in [1.807, 2.05) is 11.8 Å². The standard InChI is InChI=1S/C15H19N7O2.CH2O2/c1-8-12(18-7-17-8)9-6-10(23)19-14-11(9)13(16)20-15(21-14)22-2-4-24-5-3-22;2-1-3/h7,9H,2-6H2,1H3,(H,17,18)(H3,16,19,20,21,23);1H,(H,2,3). The molecule has 1 amide bonds. The molecule has 27 heavy (non-hydrogen) atoms. The second-order valence-corrected chi connectivity index (χ2v) is 6.09. The lowest BCUT2D eigenvalue weighted by Gasteiger charge is -2.30. The van der Waals surface area contributed by atoms with Crippen LogP contribution in [0.1, 0.15) is 29.3 Å². The van der Waals surface area contributed by atoms with Gasteiger partial charge in [-0.15, -0.1) is 0 Å². The molecule has 2 aliphatic rings. The maximum atomic E-state index is 12.2. The molecule has 0 aromatic carbocycles. The molecule has 1 fully saturated rings. The molecule has 2 aliphatic heterocycles. The van der Waals surface area contributed by atoms with E-state index in [9.17, 15) is 4.79 Å². The van der Waals surface area contributed by atoms with Gasteiger partial charge in [0.15, 0.2) is 0 Å². The molecule has 2 aromatic rings. The molecular weight excluding hydrogens is 354 g/mol. The van der Waals surface area contributed by atoms with Gasteiger partial charge in [-0.25, -0.2) is 4.98 Å². The largest absolute Gasteiger partial charge is 0.483 e. The number of H-pyrrole nitrogens is 1. The van der Waals surface area contributed by atoms with Gasteiger partial charge in [0, 0.05) is 36.7 Å². The van der Waals surface area contributed by atoms with Crippen molar-refractivity contribution >= 4 is 30.0 Å². The summed E-state index contributed by atoms with van der Waals surface area (Å²) in [5.41, 5.74) is 8.70. The SMILES string of the molecule is Cc1[nH]cnc1C1CC(=O)Nc2nc(N3CCOCC3)nc(N)c21.O=CO. The zero-order valence-electron chi connectivity index (χ0n) is 14.8. The van der Waals surface area contributed by atoms with E-state index in [0.717, 1.165) is 17.0 Å². The first kappa shape index (κ1) is 18.6. The smallest absolute Gasteiger partial charge is 0.290 e. The van der Waals surface area contributed by atoms with Crippen LogP contribution in [0, 0.1) is 6.92 Å². The minimum atomic E-state index is -0.250. The molecule has 2 aromatic heterocycles. The van der Waals surface area contributed by atoms with Crippen molar-refractivity contribution in [2.45, 2.75) is 19.3 Å². The Morgan fingerprint density at radius 1 is 1.37 bits per heavy atom. The molecule has 4 rings (SSSR count). The van der Waals surface area contributed by atoms with Crippen molar-refractivity contribution in [1.82, 2.24) is 19.9 Å². The van der Waals surface area contributed by atoms with Crippen molar-refractivity contribution in [3.05, 3.63) is 23.3 Å². The average Bonchev–Trinajstić information content (AvgIpc) is 3.08. The van der Waals surface area contributed by atoms with Gasteiger partial charge in [0.2, 0.25) is 11.9 Å². The van der Waals surface area contributed by atoms with Crippen LogP contribution in [0.4, 0.5) is 17.6 Å². The number of ether oxygens (including phenoxy) is 1. The highest BCUT2D eigenvalue weighted by atomic mass is 16.5. The quantitative estimate of drug-likeness (QED) is 0.534. The van der Waals surface area contributed by atoms with Crippen molar-refractivity contribution in [2.75, 3.05) is 42.3 Å². The monoisotopic (exact) mass is 375 g/mol. The van der Waals surface area contributed by atoms with Gasteiger partial charge in [0.1, 0.15) is 11.6 Å². The molecular formula is C16H21N7O4. The molecule has 1 atom stereocenters. The van der Waals surface area contributed by atoms with Crippen molar-refractivity contribution in [1.29, 1.82) is 0 Å². The Bertz CT molecular complexity index is 832. The number of nitrogens with one attached hydrogen (secondary N) is 2. The molecule has 0 aliphatic carbocycles. The zero-order chi connectivity index (χ0) is 19.4. The minimum absolute atomic E-state index is 0.0964. The minimum Gasteiger partial charge on any atom is -0.483 e. The lowest BCUT2D eigenvalue weighted by atomic mass is 9.89. The molecule has 11 heteroatoms. The number of nitrogens with two attached hydrogens (primary N) is 1. The van der Waals surface area contributed by atoms with Crippen LogP contribution < -0.4 is 16.0 Å². The third-order valence-corrected chi connectivity index (χ3v) is 4.45. The summed E-state index contributed by atoms with van der Waals surface area (Å²) in [6, 6.07) is 0. The molecule has 5 N–H and O–H groups in total. The predicted octanol–water partition coefficient (Wildman–Crippen LogP) is 0.102. The molecule has 144 valence electrons. The highest BCUT2D eigenvalue weighted by Gasteiger charge is 2.33. The summed E-state index contributed by atoms with van der Waals surface area (Å²) in [7, 11) is 0. The Morgan fingerprint density at radius 2 is 2.07 bits per heavy atom. The average molecular weight is 375 g/mol. The van der Waals surface area contributed by atoms with Crippen LogP contribution in [-0.4, -0.2) is 63.7 Å². The van der Waals surface area contributed by atoms with Crippen LogP contribution in [-0.2, 0) is 14.3 Å². The van der Waals surface area contributed by atoms with Gasteiger partial charge in [-0.2, -0.15) is 9.97 Å². The van der Waals surface area contributed by atoms with Crippen LogP contribution in [0.5, 0.6) is 0 Å². The zero-order valence-corrected chi connectivity index (χ0v) is 14.8. The van der Waals surface area contributed by atoms with E-state index in [1.54, 1.807) is 6.33 Å². The maximum Gasteiger partial charge on any atom is 0.290 e. The lowest BCUT2D eigenvalue weighted by molar-refractivity contribution is -0.123. The lowest BCUT2D eigenvalue weighted by Crippen LogP contribution is -2.38. The summed E-state index contributed by atoms with van der Waals surface area (Å²) in [5, 5.41) is 9.71. The van der Waals surface area contributed by atoms with Crippen LogP contribution in [0.25, 0.3) is 0 Å². The number of morpholine rings is 1. The number of aryl methyl sites for hydroxylation is 1. The summed E-state index contributed by atoms with van der Waals surface area (Å²) >= 11 is 0. The van der Waals surface area contributed by atoms with Gasteiger partial charge >= 0.3 is 0 Å². The first-order valence-electron chi connectivity index (χ1n) is 8.42. The number of carbonyl (C=O) groups is 2. The van der Waals surface area contributed by atoms with E-state index >= 15 is 0 Å². The fraction of sp³-hybridized carbons (Fsp3) is 0.438. The molecule has 0 spiro atoms. The summed E-state index contributed by atoms with van der Waals surface area (Å²) < 4.78 is 5.35. The highest BCUT2D eigenvalue weighted by molar-refractivity contribution is 5.95. The fourth-order valence-electron chi connectivity index (χ4n) is 3.24. The number of hydrogen-bond donors (Lipinski definition) is 4. The molecule has 1 unspecified atom stereocenters. The molecule has 4 heterocycles. The van der Waals surface area contributed by atoms with E-state index in [-0.39, 0.29) is 24.7 Å². The van der Waals surface area contributed by atoms with Gasteiger partial charge in [-0.1, -0.05) is 0 Å². The van der Waals surface area contributed by atoms with E-state index in [2.05, 4.69) is 25.3 Å². The molecule has 11 nitrogen and oxygen atoms in total. The van der Waals surface area contributed by atoms with E-state index in [1.165, 1.54) is 0 Å². The van der Waals surface area contributed by atoms with Gasteiger partial charge in [-0.3, -0.25) is 9.59 Å². The number of amides is 1. The van der Waals surface area contributed by atoms with Crippen LogP contribution in [0.3, 0.4) is 0 Å². The van der Waals surface area contributed by atoms with Crippen molar-refractivity contribution in [3.63, 3.8) is 0 Å². The van der Waals surface area contributed by atoms with Crippen LogP contribution in [0.15, 0.2) is 6.33 Å². The Morgan fingerprint density at radius 3 is 2.70 bits per heavy atom. The maximum absolute atomic E-state index is 12.2. The van der Waals surface area contributed by atoms with E-state index in [0.29, 0.717) is 43.9 Å². The van der Waals surface area contributed by atoms with Gasteiger partial charge < -0.3 is 30.8 Å². The van der Waals surface area contributed by atoms with Gasteiger partial charge in [-0.05, 0) is 6.92 Å². The second kappa shape index (κ2) is 7.99. The van der Waals surface area contributed by atoms with Crippen molar-refractivity contribution in [3.8, 4) is 0 Å². The summed E-state index contributed by atoms with van der Waals surface area (Å²) in [5.74, 6) is 1.05. The Labute approximate surface area is 155 Å². The van der Waals surface area contributed by atoms with E-state index < -0.39 is 0 Å². The van der Waals surface area contributed by atoms with Gasteiger partial charge in [0.05, 0.1) is 25.2 Å². The number of fused-ring (bicyclic) bond motifs is 1. The second-order valence-electron chi connectivity index (χ2n) is 6.09. The van der Waals surface area contributed by atoms with Crippen LogP contribution in [0.2, 0.25) is 0 Å². The topological polar surface area (TPSA) is 159 Å². The number of aromatic amines is 1. The normalized spacial score (nSPS) is 18.8. The number of rotatable bonds is 2. The number of carboxylic acid groups (broad SMARTS) is 1. The number of imidazole rings is 1. The molecule has 1 saturated heterocycles. The number of carbonyl (C=O) groups excluding carboxylic acids is 1. The molecule has 0 bridgehead atoms. The van der Waals surface area contributed by atoms with E-state index in [4.69, 9.17) is 20.4 Å². The Kier molecular flexibility index (Phi) is 5.50. The first-order valence-corrected chi connectivity index (χ1v) is 8.42. The molecule has 0 radical (unpaired) electrons. The van der Waals surface area contributed by atoms with Crippen molar-refractivity contribution in [2.24, 2.45) is 0 Å².